The molecule has 3 aromatic rings. The van der Waals surface area contributed by atoms with Crippen LogP contribution in [0, 0.1) is 0 Å². The van der Waals surface area contributed by atoms with E-state index in [1.165, 1.54) is 12.8 Å². The van der Waals surface area contributed by atoms with Crippen molar-refractivity contribution in [3.8, 4) is 16.9 Å². The molecule has 1 fully saturated rings. The van der Waals surface area contributed by atoms with E-state index >= 15 is 0 Å². The number of nitrogen functional groups attached to an aromatic ring is 1. The Balaban J connectivity index is 1.55. The predicted octanol–water partition coefficient (Wildman–Crippen LogP) is 4.05. The van der Waals surface area contributed by atoms with Crippen molar-refractivity contribution in [2.24, 2.45) is 0 Å². The van der Waals surface area contributed by atoms with E-state index in [0.29, 0.717) is 12.6 Å². The van der Waals surface area contributed by atoms with Gasteiger partial charge in [0.15, 0.2) is 0 Å². The van der Waals surface area contributed by atoms with Crippen LogP contribution in [-0.2, 0) is 6.61 Å². The number of benzene rings is 2. The minimum atomic E-state index is 0.547. The van der Waals surface area contributed by atoms with Crippen LogP contribution in [-0.4, -0.2) is 9.78 Å². The number of anilines is 1. The standard InChI is InChI=1S/C19H19N3O/c20-19-9-8-17(23-13-14-4-2-1-3-5-14)10-18(19)15-11-21-22(12-15)16-6-7-16/h1-5,8-12,16H,6-7,13,20H2. The Hall–Kier alpha value is -2.75. The van der Waals surface area contributed by atoms with E-state index in [2.05, 4.69) is 23.4 Å². The summed E-state index contributed by atoms with van der Waals surface area (Å²) in [5.41, 5.74) is 10.0. The van der Waals surface area contributed by atoms with E-state index in [9.17, 15) is 0 Å². The number of nitrogens with two attached hydrogens (primary N) is 1. The normalized spacial score (nSPS) is 13.9. The van der Waals surface area contributed by atoms with Crippen LogP contribution in [0.2, 0.25) is 0 Å². The van der Waals surface area contributed by atoms with Crippen molar-refractivity contribution in [1.29, 1.82) is 0 Å². The zero-order chi connectivity index (χ0) is 15.6. The minimum Gasteiger partial charge on any atom is -0.489 e. The van der Waals surface area contributed by atoms with Crippen molar-refractivity contribution >= 4 is 5.69 Å². The van der Waals surface area contributed by atoms with E-state index in [-0.39, 0.29) is 0 Å². The second-order valence-corrected chi connectivity index (χ2v) is 5.96. The van der Waals surface area contributed by atoms with Crippen LogP contribution in [0.4, 0.5) is 5.69 Å². The summed E-state index contributed by atoms with van der Waals surface area (Å²) in [6.45, 7) is 0.547. The molecule has 1 aromatic heterocycles. The summed E-state index contributed by atoms with van der Waals surface area (Å²) in [7, 11) is 0. The molecular formula is C19H19N3O. The average Bonchev–Trinajstić information content (AvgIpc) is 3.33. The van der Waals surface area contributed by atoms with Gasteiger partial charge in [-0.15, -0.1) is 0 Å². The van der Waals surface area contributed by atoms with Crippen molar-refractivity contribution in [2.45, 2.75) is 25.5 Å². The van der Waals surface area contributed by atoms with E-state index in [1.54, 1.807) is 0 Å². The van der Waals surface area contributed by atoms with E-state index < -0.39 is 0 Å². The Morgan fingerprint density at radius 2 is 1.96 bits per heavy atom. The Bertz CT molecular complexity index is 806. The lowest BCUT2D eigenvalue weighted by atomic mass is 10.1. The highest BCUT2D eigenvalue weighted by Crippen LogP contribution is 2.36. The molecule has 1 heterocycles. The lowest BCUT2D eigenvalue weighted by Crippen LogP contribution is -1.97. The SMILES string of the molecule is Nc1ccc(OCc2ccccc2)cc1-c1cnn(C2CC2)c1. The number of nitrogens with zero attached hydrogens (tertiary/aromatic N) is 2. The molecule has 1 saturated carbocycles. The fraction of sp³-hybridized carbons (Fsp3) is 0.211. The molecule has 1 aliphatic carbocycles. The molecule has 2 aromatic carbocycles. The largest absolute Gasteiger partial charge is 0.489 e. The molecule has 2 N–H and O–H groups in total. The van der Waals surface area contributed by atoms with Gasteiger partial charge in [0.2, 0.25) is 0 Å². The van der Waals surface area contributed by atoms with Crippen LogP contribution in [0.3, 0.4) is 0 Å². The first-order valence-corrected chi connectivity index (χ1v) is 7.90. The topological polar surface area (TPSA) is 53.1 Å². The highest BCUT2D eigenvalue weighted by atomic mass is 16.5. The maximum absolute atomic E-state index is 6.14. The zero-order valence-electron chi connectivity index (χ0n) is 12.9. The van der Waals surface area contributed by atoms with Crippen LogP contribution in [0.5, 0.6) is 5.75 Å². The van der Waals surface area contributed by atoms with Gasteiger partial charge in [-0.05, 0) is 36.6 Å². The van der Waals surface area contributed by atoms with Crippen molar-refractivity contribution in [3.05, 3.63) is 66.5 Å². The number of hydrogen-bond acceptors (Lipinski definition) is 3. The van der Waals surface area contributed by atoms with Crippen molar-refractivity contribution in [2.75, 3.05) is 5.73 Å². The lowest BCUT2D eigenvalue weighted by molar-refractivity contribution is 0.306. The molecule has 0 radical (unpaired) electrons. The third kappa shape index (κ3) is 3.06. The molecule has 0 spiro atoms. The lowest BCUT2D eigenvalue weighted by Gasteiger charge is -2.09. The maximum atomic E-state index is 6.14. The molecule has 0 atom stereocenters. The van der Waals surface area contributed by atoms with Gasteiger partial charge in [0.25, 0.3) is 0 Å². The van der Waals surface area contributed by atoms with Crippen molar-refractivity contribution in [3.63, 3.8) is 0 Å². The molecule has 116 valence electrons. The first-order chi connectivity index (χ1) is 11.3. The number of rotatable bonds is 5. The van der Waals surface area contributed by atoms with Gasteiger partial charge >= 0.3 is 0 Å². The molecule has 0 saturated heterocycles. The molecule has 4 rings (SSSR count). The first-order valence-electron chi connectivity index (χ1n) is 7.90. The van der Waals surface area contributed by atoms with Crippen molar-refractivity contribution < 1.29 is 4.74 Å². The van der Waals surface area contributed by atoms with Crippen LogP contribution in [0.1, 0.15) is 24.4 Å². The molecule has 4 heteroatoms. The Morgan fingerprint density at radius 3 is 2.74 bits per heavy atom. The van der Waals surface area contributed by atoms with Gasteiger partial charge in [0, 0.05) is 23.0 Å². The predicted molar refractivity (Wildman–Crippen MR) is 91.1 cm³/mol. The zero-order valence-corrected chi connectivity index (χ0v) is 12.9. The van der Waals surface area contributed by atoms with Crippen LogP contribution >= 0.6 is 0 Å². The molecule has 1 aliphatic rings. The minimum absolute atomic E-state index is 0.547. The van der Waals surface area contributed by atoms with Gasteiger partial charge < -0.3 is 10.5 Å². The molecule has 23 heavy (non-hydrogen) atoms. The van der Waals surface area contributed by atoms with Gasteiger partial charge in [-0.1, -0.05) is 30.3 Å². The number of hydrogen-bond donors (Lipinski definition) is 1. The fourth-order valence-corrected chi connectivity index (χ4v) is 2.63. The summed E-state index contributed by atoms with van der Waals surface area (Å²) in [6.07, 6.45) is 6.39. The second kappa shape index (κ2) is 5.80. The molecule has 0 aliphatic heterocycles. The van der Waals surface area contributed by atoms with E-state index in [4.69, 9.17) is 10.5 Å². The Labute approximate surface area is 135 Å². The Kier molecular flexibility index (Phi) is 3.50. The van der Waals surface area contributed by atoms with Gasteiger partial charge in [0.05, 0.1) is 12.2 Å². The van der Waals surface area contributed by atoms with Gasteiger partial charge in [0.1, 0.15) is 12.4 Å². The third-order valence-electron chi connectivity index (χ3n) is 4.11. The fourth-order valence-electron chi connectivity index (χ4n) is 2.63. The monoisotopic (exact) mass is 305 g/mol. The summed E-state index contributed by atoms with van der Waals surface area (Å²) in [6, 6.07) is 16.5. The van der Waals surface area contributed by atoms with Crippen LogP contribution in [0.15, 0.2) is 60.9 Å². The summed E-state index contributed by atoms with van der Waals surface area (Å²) in [5, 5.41) is 4.44. The molecular weight excluding hydrogens is 286 g/mol. The van der Waals surface area contributed by atoms with Gasteiger partial charge in [-0.25, -0.2) is 0 Å². The van der Waals surface area contributed by atoms with E-state index in [1.807, 2.05) is 47.3 Å². The smallest absolute Gasteiger partial charge is 0.120 e. The first kappa shape index (κ1) is 13.9. The summed E-state index contributed by atoms with van der Waals surface area (Å²) in [5.74, 6) is 0.817. The summed E-state index contributed by atoms with van der Waals surface area (Å²) < 4.78 is 7.93. The highest BCUT2D eigenvalue weighted by Gasteiger charge is 2.24. The average molecular weight is 305 g/mol. The molecule has 0 bridgehead atoms. The maximum Gasteiger partial charge on any atom is 0.120 e. The van der Waals surface area contributed by atoms with Crippen molar-refractivity contribution in [1.82, 2.24) is 9.78 Å². The number of aromatic nitrogens is 2. The van der Waals surface area contributed by atoms with Crippen LogP contribution in [0.25, 0.3) is 11.1 Å². The van der Waals surface area contributed by atoms with Crippen LogP contribution < -0.4 is 10.5 Å². The van der Waals surface area contributed by atoms with Gasteiger partial charge in [-0.2, -0.15) is 5.10 Å². The molecule has 4 nitrogen and oxygen atoms in total. The molecule has 0 unspecified atom stereocenters. The second-order valence-electron chi connectivity index (χ2n) is 5.96. The number of ether oxygens (including phenoxy) is 1. The summed E-state index contributed by atoms with van der Waals surface area (Å²) >= 11 is 0. The third-order valence-corrected chi connectivity index (χ3v) is 4.11. The quantitative estimate of drug-likeness (QED) is 0.724. The van der Waals surface area contributed by atoms with Gasteiger partial charge in [-0.3, -0.25) is 4.68 Å². The molecule has 0 amide bonds. The van der Waals surface area contributed by atoms with E-state index in [0.717, 1.165) is 28.1 Å². The Morgan fingerprint density at radius 1 is 1.13 bits per heavy atom. The summed E-state index contributed by atoms with van der Waals surface area (Å²) in [4.78, 5) is 0. The highest BCUT2D eigenvalue weighted by molar-refractivity contribution is 5.76.